The summed E-state index contributed by atoms with van der Waals surface area (Å²) in [5.41, 5.74) is -0.114. The van der Waals surface area contributed by atoms with Gasteiger partial charge in [-0.15, -0.1) is 0 Å². The van der Waals surface area contributed by atoms with E-state index >= 15 is 0 Å². The van der Waals surface area contributed by atoms with E-state index in [4.69, 9.17) is 0 Å². The maximum absolute atomic E-state index is 11.7. The van der Waals surface area contributed by atoms with Gasteiger partial charge in [0.05, 0.1) is 5.75 Å². The number of thioether (sulfide) groups is 1. The van der Waals surface area contributed by atoms with E-state index in [0.29, 0.717) is 24.0 Å². The highest BCUT2D eigenvalue weighted by atomic mass is 32.2. The van der Waals surface area contributed by atoms with Crippen molar-refractivity contribution < 1.29 is 4.79 Å². The third-order valence-electron chi connectivity index (χ3n) is 1.98. The van der Waals surface area contributed by atoms with Crippen LogP contribution in [0.5, 0.6) is 0 Å². The van der Waals surface area contributed by atoms with Crippen molar-refractivity contribution in [2.75, 3.05) is 12.8 Å². The first-order chi connectivity index (χ1) is 8.02. The number of aromatic nitrogens is 2. The molecule has 0 atom stereocenters. The van der Waals surface area contributed by atoms with Gasteiger partial charge in [-0.2, -0.15) is 11.8 Å². The van der Waals surface area contributed by atoms with E-state index in [9.17, 15) is 9.59 Å². The van der Waals surface area contributed by atoms with Crippen LogP contribution in [-0.2, 0) is 5.75 Å². The molecule has 0 aliphatic heterocycles. The molecular formula is C11H17N3O2S. The number of carbonyl (C=O) groups is 1. The molecule has 0 unspecified atom stereocenters. The van der Waals surface area contributed by atoms with Crippen molar-refractivity contribution in [2.45, 2.75) is 19.6 Å². The number of rotatable bonds is 5. The number of aromatic amines is 1. The van der Waals surface area contributed by atoms with Gasteiger partial charge in [-0.3, -0.25) is 9.59 Å². The molecule has 2 N–H and O–H groups in total. The van der Waals surface area contributed by atoms with E-state index in [2.05, 4.69) is 15.3 Å². The van der Waals surface area contributed by atoms with Gasteiger partial charge in [0.1, 0.15) is 11.5 Å². The Balaban J connectivity index is 2.82. The topological polar surface area (TPSA) is 74.8 Å². The van der Waals surface area contributed by atoms with Crippen LogP contribution in [0, 0.1) is 5.92 Å². The first-order valence-electron chi connectivity index (χ1n) is 5.40. The fourth-order valence-electron chi connectivity index (χ4n) is 1.22. The Morgan fingerprint density at radius 2 is 2.29 bits per heavy atom. The SMILES string of the molecule is CSCc1nc(C(=O)NCC(C)C)cc(=O)[nH]1. The van der Waals surface area contributed by atoms with Crippen molar-refractivity contribution in [1.29, 1.82) is 0 Å². The Hall–Kier alpha value is -1.30. The highest BCUT2D eigenvalue weighted by Gasteiger charge is 2.10. The summed E-state index contributed by atoms with van der Waals surface area (Å²) < 4.78 is 0. The second-order valence-corrected chi connectivity index (χ2v) is 4.98. The second-order valence-electron chi connectivity index (χ2n) is 4.11. The van der Waals surface area contributed by atoms with Crippen molar-refractivity contribution in [3.05, 3.63) is 27.9 Å². The summed E-state index contributed by atoms with van der Waals surface area (Å²) in [5, 5.41) is 2.73. The van der Waals surface area contributed by atoms with Crippen molar-refractivity contribution in [2.24, 2.45) is 5.92 Å². The predicted octanol–water partition coefficient (Wildman–Crippen LogP) is 1.02. The summed E-state index contributed by atoms with van der Waals surface area (Å²) in [5.74, 6) is 1.18. The van der Waals surface area contributed by atoms with Gasteiger partial charge >= 0.3 is 0 Å². The molecule has 0 aliphatic carbocycles. The average molecular weight is 255 g/mol. The van der Waals surface area contributed by atoms with Crippen LogP contribution < -0.4 is 10.9 Å². The highest BCUT2D eigenvalue weighted by molar-refractivity contribution is 7.97. The third-order valence-corrected chi connectivity index (χ3v) is 2.54. The Morgan fingerprint density at radius 3 is 2.88 bits per heavy atom. The van der Waals surface area contributed by atoms with E-state index in [1.54, 1.807) is 0 Å². The molecule has 0 saturated heterocycles. The van der Waals surface area contributed by atoms with Gasteiger partial charge < -0.3 is 10.3 Å². The Morgan fingerprint density at radius 1 is 1.59 bits per heavy atom. The van der Waals surface area contributed by atoms with E-state index in [1.165, 1.54) is 17.8 Å². The van der Waals surface area contributed by atoms with E-state index < -0.39 is 0 Å². The number of hydrogen-bond donors (Lipinski definition) is 2. The summed E-state index contributed by atoms with van der Waals surface area (Å²) in [4.78, 5) is 29.8. The van der Waals surface area contributed by atoms with Crippen molar-refractivity contribution in [3.8, 4) is 0 Å². The Labute approximate surface area is 104 Å². The lowest BCUT2D eigenvalue weighted by Gasteiger charge is -2.07. The maximum Gasteiger partial charge on any atom is 0.270 e. The summed E-state index contributed by atoms with van der Waals surface area (Å²) in [6, 6.07) is 1.22. The molecule has 0 saturated carbocycles. The number of amides is 1. The molecule has 94 valence electrons. The first-order valence-corrected chi connectivity index (χ1v) is 6.79. The number of nitrogens with zero attached hydrogens (tertiary/aromatic N) is 1. The summed E-state index contributed by atoms with van der Waals surface area (Å²) in [6.07, 6.45) is 1.91. The molecule has 1 amide bonds. The molecular weight excluding hydrogens is 238 g/mol. The second kappa shape index (κ2) is 6.44. The molecule has 0 radical (unpaired) electrons. The van der Waals surface area contributed by atoms with Gasteiger partial charge in [0.15, 0.2) is 0 Å². The zero-order valence-corrected chi connectivity index (χ0v) is 11.1. The molecule has 1 aromatic heterocycles. The molecule has 1 aromatic rings. The van der Waals surface area contributed by atoms with Gasteiger partial charge in [-0.05, 0) is 12.2 Å². The van der Waals surface area contributed by atoms with Crippen LogP contribution in [-0.4, -0.2) is 28.7 Å². The molecule has 0 aliphatic rings. The van der Waals surface area contributed by atoms with Crippen LogP contribution in [0.15, 0.2) is 10.9 Å². The van der Waals surface area contributed by atoms with Crippen LogP contribution in [0.25, 0.3) is 0 Å². The molecule has 17 heavy (non-hydrogen) atoms. The fourth-order valence-corrected chi connectivity index (χ4v) is 1.63. The van der Waals surface area contributed by atoms with Crippen LogP contribution in [0.4, 0.5) is 0 Å². The van der Waals surface area contributed by atoms with Gasteiger partial charge in [-0.1, -0.05) is 13.8 Å². The average Bonchev–Trinajstić information content (AvgIpc) is 2.25. The van der Waals surface area contributed by atoms with E-state index in [-0.39, 0.29) is 17.2 Å². The molecule has 5 nitrogen and oxygen atoms in total. The van der Waals surface area contributed by atoms with Crippen LogP contribution in [0.3, 0.4) is 0 Å². The van der Waals surface area contributed by atoms with Gasteiger partial charge in [-0.25, -0.2) is 4.98 Å². The quantitative estimate of drug-likeness (QED) is 0.823. The minimum absolute atomic E-state index is 0.179. The molecule has 1 heterocycles. The molecule has 0 spiro atoms. The lowest BCUT2D eigenvalue weighted by atomic mass is 10.2. The third kappa shape index (κ3) is 4.60. The smallest absolute Gasteiger partial charge is 0.270 e. The normalized spacial score (nSPS) is 10.6. The maximum atomic E-state index is 11.7. The minimum Gasteiger partial charge on any atom is -0.350 e. The van der Waals surface area contributed by atoms with Crippen LogP contribution in [0.1, 0.15) is 30.2 Å². The van der Waals surface area contributed by atoms with Crippen molar-refractivity contribution in [1.82, 2.24) is 15.3 Å². The Kier molecular flexibility index (Phi) is 5.21. The first kappa shape index (κ1) is 13.8. The van der Waals surface area contributed by atoms with Crippen molar-refractivity contribution in [3.63, 3.8) is 0 Å². The van der Waals surface area contributed by atoms with Crippen molar-refractivity contribution >= 4 is 17.7 Å². The predicted molar refractivity (Wildman–Crippen MR) is 69.2 cm³/mol. The molecule has 6 heteroatoms. The highest BCUT2D eigenvalue weighted by Crippen LogP contribution is 2.02. The van der Waals surface area contributed by atoms with Gasteiger partial charge in [0.25, 0.3) is 11.5 Å². The molecule has 0 aromatic carbocycles. The zero-order chi connectivity index (χ0) is 12.8. The van der Waals surface area contributed by atoms with E-state index in [0.717, 1.165) is 0 Å². The standard InChI is InChI=1S/C11H17N3O2S/c1-7(2)5-12-11(16)8-4-10(15)14-9(13-8)6-17-3/h4,7H,5-6H2,1-3H3,(H,12,16)(H,13,14,15). The summed E-state index contributed by atoms with van der Waals surface area (Å²) in [6.45, 7) is 4.58. The zero-order valence-electron chi connectivity index (χ0n) is 10.2. The largest absolute Gasteiger partial charge is 0.350 e. The summed E-state index contributed by atoms with van der Waals surface area (Å²) in [7, 11) is 0. The number of nitrogens with one attached hydrogen (secondary N) is 2. The molecule has 0 fully saturated rings. The monoisotopic (exact) mass is 255 g/mol. The van der Waals surface area contributed by atoms with Gasteiger partial charge in [0, 0.05) is 12.6 Å². The Bertz CT molecular complexity index is 443. The fraction of sp³-hybridized carbons (Fsp3) is 0.545. The lowest BCUT2D eigenvalue weighted by molar-refractivity contribution is 0.0943. The number of H-pyrrole nitrogens is 1. The molecule has 0 bridgehead atoms. The number of carbonyl (C=O) groups excluding carboxylic acids is 1. The van der Waals surface area contributed by atoms with Gasteiger partial charge in [0.2, 0.25) is 0 Å². The molecule has 1 rings (SSSR count). The number of hydrogen-bond acceptors (Lipinski definition) is 4. The summed E-state index contributed by atoms with van der Waals surface area (Å²) >= 11 is 1.54. The van der Waals surface area contributed by atoms with Crippen LogP contribution in [0.2, 0.25) is 0 Å². The van der Waals surface area contributed by atoms with Crippen LogP contribution >= 0.6 is 11.8 Å². The van der Waals surface area contributed by atoms with E-state index in [1.807, 2.05) is 20.1 Å². The lowest BCUT2D eigenvalue weighted by Crippen LogP contribution is -2.29. The minimum atomic E-state index is -0.299.